The fourth-order valence-electron chi connectivity index (χ4n) is 1.61. The smallest absolute Gasteiger partial charge is 0.266 e. The zero-order chi connectivity index (χ0) is 13.3. The van der Waals surface area contributed by atoms with E-state index in [0.717, 1.165) is 9.35 Å². The molecule has 0 radical (unpaired) electrons. The van der Waals surface area contributed by atoms with Gasteiger partial charge in [0.15, 0.2) is 0 Å². The highest BCUT2D eigenvalue weighted by molar-refractivity contribution is 9.11. The third-order valence-electron chi connectivity index (χ3n) is 2.70. The van der Waals surface area contributed by atoms with Gasteiger partial charge in [-0.05, 0) is 52.4 Å². The number of thiophene rings is 1. The van der Waals surface area contributed by atoms with Crippen LogP contribution in [-0.2, 0) is 6.54 Å². The first-order valence-corrected chi connectivity index (χ1v) is 6.91. The summed E-state index contributed by atoms with van der Waals surface area (Å²) in [5, 5.41) is 15.2. The minimum atomic E-state index is -0.331. The second-order valence-electron chi connectivity index (χ2n) is 3.92. The second-order valence-corrected chi connectivity index (χ2v) is 6.21. The minimum absolute atomic E-state index is 0.178. The topological polar surface area (TPSA) is 58.7 Å². The molecule has 0 amide bonds. The first kappa shape index (κ1) is 13.0. The van der Waals surface area contributed by atoms with E-state index >= 15 is 0 Å². The van der Waals surface area contributed by atoms with Gasteiger partial charge < -0.3 is 0 Å². The molecule has 6 heteroatoms. The molecular formula is C12H10BrN3OS. The van der Waals surface area contributed by atoms with Crippen LogP contribution in [0.4, 0.5) is 0 Å². The lowest BCUT2D eigenvalue weighted by molar-refractivity contribution is 0.623. The zero-order valence-electron chi connectivity index (χ0n) is 9.90. The summed E-state index contributed by atoms with van der Waals surface area (Å²) in [5.74, 6) is 0. The fraction of sp³-hybridized carbons (Fsp3) is 0.250. The van der Waals surface area contributed by atoms with Crippen LogP contribution in [0.2, 0.25) is 0 Å². The van der Waals surface area contributed by atoms with E-state index in [-0.39, 0.29) is 11.1 Å². The number of aromatic nitrogens is 2. The first-order chi connectivity index (χ1) is 8.52. The van der Waals surface area contributed by atoms with Crippen molar-refractivity contribution in [1.82, 2.24) is 9.78 Å². The Morgan fingerprint density at radius 2 is 2.28 bits per heavy atom. The van der Waals surface area contributed by atoms with Gasteiger partial charge in [-0.3, -0.25) is 4.79 Å². The summed E-state index contributed by atoms with van der Waals surface area (Å²) in [7, 11) is 0. The quantitative estimate of drug-likeness (QED) is 0.853. The number of halogens is 1. The Bertz CT molecular complexity index is 696. The molecule has 92 valence electrons. The van der Waals surface area contributed by atoms with Crippen molar-refractivity contribution in [3.8, 4) is 6.07 Å². The molecule has 0 N–H and O–H groups in total. The monoisotopic (exact) mass is 323 g/mol. The van der Waals surface area contributed by atoms with Crippen LogP contribution < -0.4 is 5.56 Å². The van der Waals surface area contributed by atoms with Gasteiger partial charge in [-0.25, -0.2) is 4.68 Å². The van der Waals surface area contributed by atoms with E-state index in [4.69, 9.17) is 5.26 Å². The summed E-state index contributed by atoms with van der Waals surface area (Å²) >= 11 is 4.93. The van der Waals surface area contributed by atoms with Gasteiger partial charge in [0.2, 0.25) is 0 Å². The number of aryl methyl sites for hydroxylation is 1. The molecule has 0 bridgehead atoms. The van der Waals surface area contributed by atoms with E-state index < -0.39 is 0 Å². The van der Waals surface area contributed by atoms with Crippen molar-refractivity contribution in [3.05, 3.63) is 48.0 Å². The Labute approximate surface area is 117 Å². The van der Waals surface area contributed by atoms with Gasteiger partial charge in [0, 0.05) is 0 Å². The summed E-state index contributed by atoms with van der Waals surface area (Å²) in [4.78, 5) is 12.1. The van der Waals surface area contributed by atoms with Crippen molar-refractivity contribution in [2.75, 3.05) is 0 Å². The predicted molar refractivity (Wildman–Crippen MR) is 73.8 cm³/mol. The maximum absolute atomic E-state index is 12.1. The van der Waals surface area contributed by atoms with Gasteiger partial charge >= 0.3 is 0 Å². The largest absolute Gasteiger partial charge is 0.285 e. The van der Waals surface area contributed by atoms with Gasteiger partial charge in [-0.1, -0.05) is 0 Å². The van der Waals surface area contributed by atoms with Crippen LogP contribution in [0.3, 0.4) is 0 Å². The molecule has 0 aliphatic carbocycles. The van der Waals surface area contributed by atoms with Crippen LogP contribution >= 0.6 is 27.3 Å². The van der Waals surface area contributed by atoms with Gasteiger partial charge in [-0.15, -0.1) is 11.3 Å². The van der Waals surface area contributed by atoms with Gasteiger partial charge in [0.1, 0.15) is 11.6 Å². The summed E-state index contributed by atoms with van der Waals surface area (Å²) in [6.07, 6.45) is 0. The van der Waals surface area contributed by atoms with E-state index in [9.17, 15) is 4.79 Å². The zero-order valence-corrected chi connectivity index (χ0v) is 12.3. The van der Waals surface area contributed by atoms with Crippen LogP contribution in [0.1, 0.15) is 22.4 Å². The fourth-order valence-corrected chi connectivity index (χ4v) is 2.81. The Balaban J connectivity index is 2.50. The van der Waals surface area contributed by atoms with Crippen molar-refractivity contribution in [2.24, 2.45) is 0 Å². The predicted octanol–water partition coefficient (Wildman–Crippen LogP) is 2.60. The van der Waals surface area contributed by atoms with E-state index in [0.29, 0.717) is 17.8 Å². The Morgan fingerprint density at radius 3 is 2.83 bits per heavy atom. The SMILES string of the molecule is Cc1nn(Cc2csc(Br)c2)c(=O)c(C#N)c1C. The summed E-state index contributed by atoms with van der Waals surface area (Å²) in [6, 6.07) is 3.90. The molecule has 0 saturated carbocycles. The van der Waals surface area contributed by atoms with Gasteiger partial charge in [0.25, 0.3) is 5.56 Å². The molecule has 0 aliphatic rings. The maximum Gasteiger partial charge on any atom is 0.285 e. The van der Waals surface area contributed by atoms with Crippen LogP contribution in [0.15, 0.2) is 20.0 Å². The van der Waals surface area contributed by atoms with Crippen LogP contribution in [0.25, 0.3) is 0 Å². The molecule has 2 aromatic rings. The van der Waals surface area contributed by atoms with Crippen molar-refractivity contribution < 1.29 is 0 Å². The molecule has 4 nitrogen and oxygen atoms in total. The molecule has 0 atom stereocenters. The van der Waals surface area contributed by atoms with E-state index in [1.165, 1.54) is 4.68 Å². The summed E-state index contributed by atoms with van der Waals surface area (Å²) in [5.41, 5.74) is 2.21. The van der Waals surface area contributed by atoms with Crippen molar-refractivity contribution in [2.45, 2.75) is 20.4 Å². The Kier molecular flexibility index (Phi) is 3.64. The Morgan fingerprint density at radius 1 is 1.56 bits per heavy atom. The van der Waals surface area contributed by atoms with Gasteiger partial charge in [-0.2, -0.15) is 10.4 Å². The molecule has 18 heavy (non-hydrogen) atoms. The van der Waals surface area contributed by atoms with Crippen LogP contribution in [-0.4, -0.2) is 9.78 Å². The molecule has 0 fully saturated rings. The number of hydrogen-bond acceptors (Lipinski definition) is 4. The number of hydrogen-bond donors (Lipinski definition) is 0. The molecule has 2 aromatic heterocycles. The molecule has 0 aliphatic heterocycles. The number of nitriles is 1. The summed E-state index contributed by atoms with van der Waals surface area (Å²) < 4.78 is 2.35. The average Bonchev–Trinajstić information content (AvgIpc) is 2.73. The average molecular weight is 324 g/mol. The molecular weight excluding hydrogens is 314 g/mol. The van der Waals surface area contributed by atoms with Crippen molar-refractivity contribution >= 4 is 27.3 Å². The number of rotatable bonds is 2. The second kappa shape index (κ2) is 5.04. The van der Waals surface area contributed by atoms with Crippen molar-refractivity contribution in [3.63, 3.8) is 0 Å². The van der Waals surface area contributed by atoms with Crippen LogP contribution in [0.5, 0.6) is 0 Å². The Hall–Kier alpha value is -1.45. The van der Waals surface area contributed by atoms with E-state index in [2.05, 4.69) is 21.0 Å². The molecule has 2 heterocycles. The lowest BCUT2D eigenvalue weighted by atomic mass is 10.1. The highest BCUT2D eigenvalue weighted by atomic mass is 79.9. The lowest BCUT2D eigenvalue weighted by Gasteiger charge is -2.07. The van der Waals surface area contributed by atoms with Crippen molar-refractivity contribution in [1.29, 1.82) is 5.26 Å². The normalized spacial score (nSPS) is 10.3. The molecule has 2 rings (SSSR count). The molecule has 0 unspecified atom stereocenters. The van der Waals surface area contributed by atoms with Gasteiger partial charge in [0.05, 0.1) is 16.0 Å². The maximum atomic E-state index is 12.1. The van der Waals surface area contributed by atoms with Crippen LogP contribution in [0, 0.1) is 25.2 Å². The molecule has 0 saturated heterocycles. The first-order valence-electron chi connectivity index (χ1n) is 5.24. The number of nitrogens with zero attached hydrogens (tertiary/aromatic N) is 3. The minimum Gasteiger partial charge on any atom is -0.266 e. The highest BCUT2D eigenvalue weighted by Gasteiger charge is 2.12. The molecule has 0 spiro atoms. The highest BCUT2D eigenvalue weighted by Crippen LogP contribution is 2.21. The summed E-state index contributed by atoms with van der Waals surface area (Å²) in [6.45, 7) is 3.93. The van der Waals surface area contributed by atoms with E-state index in [1.807, 2.05) is 17.5 Å². The van der Waals surface area contributed by atoms with E-state index in [1.54, 1.807) is 25.2 Å². The third-order valence-corrected chi connectivity index (χ3v) is 4.26. The lowest BCUT2D eigenvalue weighted by Crippen LogP contribution is -2.27. The standard InChI is InChI=1S/C12H10BrN3OS/c1-7-8(2)15-16(12(17)10(7)4-14)5-9-3-11(13)18-6-9/h3,6H,5H2,1-2H3. The molecule has 0 aromatic carbocycles. The third kappa shape index (κ3) is 2.37.